The first-order valence-corrected chi connectivity index (χ1v) is 6.56. The molecule has 2 aromatic carbocycles. The zero-order valence-electron chi connectivity index (χ0n) is 11.9. The highest BCUT2D eigenvalue weighted by atomic mass is 19.4. The van der Waals surface area contributed by atoms with Crippen molar-refractivity contribution in [1.82, 2.24) is 0 Å². The van der Waals surface area contributed by atoms with Gasteiger partial charge < -0.3 is 5.11 Å². The van der Waals surface area contributed by atoms with Crippen LogP contribution in [0, 0.1) is 10.1 Å². The predicted molar refractivity (Wildman–Crippen MR) is 80.0 cm³/mol. The Labute approximate surface area is 133 Å². The maximum atomic E-state index is 12.6. The average molecular weight is 337 g/mol. The standard InChI is InChI=1S/C16H10F3NO4/c17-16(18,19)12-7-5-10(6-8-12)13(15(21)22)9-11-3-1-2-4-14(11)20(23)24/h1-9H,(H,21,22)/b13-9+. The molecule has 0 aliphatic carbocycles. The third-order valence-corrected chi connectivity index (χ3v) is 3.19. The van der Waals surface area contributed by atoms with Crippen molar-refractivity contribution in [2.24, 2.45) is 0 Å². The number of alkyl halides is 3. The van der Waals surface area contributed by atoms with Crippen molar-refractivity contribution in [2.45, 2.75) is 6.18 Å². The van der Waals surface area contributed by atoms with E-state index in [2.05, 4.69) is 0 Å². The van der Waals surface area contributed by atoms with Crippen LogP contribution in [0.3, 0.4) is 0 Å². The summed E-state index contributed by atoms with van der Waals surface area (Å²) in [5.74, 6) is -1.41. The zero-order valence-corrected chi connectivity index (χ0v) is 11.9. The Morgan fingerprint density at radius 2 is 1.67 bits per heavy atom. The maximum absolute atomic E-state index is 12.6. The van der Waals surface area contributed by atoms with Crippen molar-refractivity contribution in [1.29, 1.82) is 0 Å². The molecule has 0 fully saturated rings. The van der Waals surface area contributed by atoms with Crippen molar-refractivity contribution in [3.05, 3.63) is 75.3 Å². The summed E-state index contributed by atoms with van der Waals surface area (Å²) < 4.78 is 37.7. The number of carboxylic acids is 1. The molecule has 0 atom stereocenters. The van der Waals surface area contributed by atoms with E-state index in [9.17, 15) is 33.2 Å². The van der Waals surface area contributed by atoms with Gasteiger partial charge in [-0.15, -0.1) is 0 Å². The van der Waals surface area contributed by atoms with Crippen LogP contribution in [-0.4, -0.2) is 16.0 Å². The number of carboxylic acid groups (broad SMARTS) is 1. The van der Waals surface area contributed by atoms with Crippen LogP contribution in [0.25, 0.3) is 11.6 Å². The summed E-state index contributed by atoms with van der Waals surface area (Å²) in [5, 5.41) is 20.3. The minimum Gasteiger partial charge on any atom is -0.478 e. The SMILES string of the molecule is O=C(O)/C(=C/c1ccccc1[N+](=O)[O-])c1ccc(C(F)(F)F)cc1. The highest BCUT2D eigenvalue weighted by molar-refractivity contribution is 6.20. The molecule has 0 unspecified atom stereocenters. The molecule has 24 heavy (non-hydrogen) atoms. The van der Waals surface area contributed by atoms with Gasteiger partial charge in [0, 0.05) is 6.07 Å². The van der Waals surface area contributed by atoms with E-state index in [-0.39, 0.29) is 22.4 Å². The van der Waals surface area contributed by atoms with Gasteiger partial charge in [0.05, 0.1) is 21.6 Å². The first kappa shape index (κ1) is 17.2. The van der Waals surface area contributed by atoms with Crippen molar-refractivity contribution < 1.29 is 28.0 Å². The Balaban J connectivity index is 2.51. The number of nitro benzene ring substituents is 1. The monoisotopic (exact) mass is 337 g/mol. The van der Waals surface area contributed by atoms with Crippen LogP contribution in [0.4, 0.5) is 18.9 Å². The lowest BCUT2D eigenvalue weighted by Crippen LogP contribution is -2.05. The summed E-state index contributed by atoms with van der Waals surface area (Å²) in [6.07, 6.45) is -3.48. The minimum absolute atomic E-state index is 0.00801. The second kappa shape index (κ2) is 6.53. The van der Waals surface area contributed by atoms with E-state index in [0.717, 1.165) is 30.3 Å². The molecule has 0 aromatic heterocycles. The topological polar surface area (TPSA) is 80.4 Å². The number of carbonyl (C=O) groups is 1. The van der Waals surface area contributed by atoms with Crippen LogP contribution in [0.1, 0.15) is 16.7 Å². The van der Waals surface area contributed by atoms with Crippen LogP contribution in [-0.2, 0) is 11.0 Å². The van der Waals surface area contributed by atoms with Crippen molar-refractivity contribution in [3.8, 4) is 0 Å². The maximum Gasteiger partial charge on any atom is 0.416 e. The van der Waals surface area contributed by atoms with Gasteiger partial charge in [-0.3, -0.25) is 10.1 Å². The van der Waals surface area contributed by atoms with E-state index in [4.69, 9.17) is 0 Å². The Bertz CT molecular complexity index is 811. The predicted octanol–water partition coefficient (Wildman–Crippen LogP) is 4.24. The number of nitrogens with zero attached hydrogens (tertiary/aromatic N) is 1. The smallest absolute Gasteiger partial charge is 0.416 e. The number of benzene rings is 2. The normalized spacial score (nSPS) is 12.0. The summed E-state index contributed by atoms with van der Waals surface area (Å²) in [7, 11) is 0. The molecule has 8 heteroatoms. The van der Waals surface area contributed by atoms with Gasteiger partial charge >= 0.3 is 12.1 Å². The van der Waals surface area contributed by atoms with Crippen molar-refractivity contribution >= 4 is 23.3 Å². The molecule has 0 spiro atoms. The molecule has 5 nitrogen and oxygen atoms in total. The number of hydrogen-bond acceptors (Lipinski definition) is 3. The van der Waals surface area contributed by atoms with Crippen molar-refractivity contribution in [3.63, 3.8) is 0 Å². The van der Waals surface area contributed by atoms with Crippen LogP contribution in [0.15, 0.2) is 48.5 Å². The fraction of sp³-hybridized carbons (Fsp3) is 0.0625. The fourth-order valence-corrected chi connectivity index (χ4v) is 2.04. The largest absolute Gasteiger partial charge is 0.478 e. The average Bonchev–Trinajstić information content (AvgIpc) is 2.52. The van der Waals surface area contributed by atoms with Gasteiger partial charge in [-0.1, -0.05) is 24.3 Å². The molecule has 0 radical (unpaired) electrons. The molecule has 1 N–H and O–H groups in total. The van der Waals surface area contributed by atoms with Gasteiger partial charge in [-0.25, -0.2) is 4.79 Å². The second-order valence-electron chi connectivity index (χ2n) is 4.75. The Hall–Kier alpha value is -3.16. The molecule has 0 saturated carbocycles. The Kier molecular flexibility index (Phi) is 4.68. The molecule has 2 rings (SSSR count). The summed E-state index contributed by atoms with van der Waals surface area (Å²) in [4.78, 5) is 21.7. The molecular weight excluding hydrogens is 327 g/mol. The second-order valence-corrected chi connectivity index (χ2v) is 4.75. The molecule has 0 bridgehead atoms. The van der Waals surface area contributed by atoms with E-state index >= 15 is 0 Å². The molecule has 2 aromatic rings. The minimum atomic E-state index is -4.54. The Morgan fingerprint density at radius 1 is 1.08 bits per heavy atom. The van der Waals surface area contributed by atoms with E-state index in [0.29, 0.717) is 0 Å². The number of nitro groups is 1. The lowest BCUT2D eigenvalue weighted by atomic mass is 10.0. The van der Waals surface area contributed by atoms with Crippen LogP contribution in [0.2, 0.25) is 0 Å². The quantitative estimate of drug-likeness (QED) is 0.392. The van der Waals surface area contributed by atoms with Gasteiger partial charge in [-0.05, 0) is 29.8 Å². The molecule has 0 amide bonds. The highest BCUT2D eigenvalue weighted by Crippen LogP contribution is 2.31. The fourth-order valence-electron chi connectivity index (χ4n) is 2.04. The third-order valence-electron chi connectivity index (χ3n) is 3.19. The van der Waals surface area contributed by atoms with Crippen LogP contribution < -0.4 is 0 Å². The number of hydrogen-bond donors (Lipinski definition) is 1. The molecule has 0 heterocycles. The molecule has 0 aliphatic rings. The summed E-state index contributed by atoms with van der Waals surface area (Å²) >= 11 is 0. The molecule has 0 saturated heterocycles. The molecule has 0 aliphatic heterocycles. The summed E-state index contributed by atoms with van der Waals surface area (Å²) in [6, 6.07) is 9.01. The van der Waals surface area contributed by atoms with E-state index in [1.807, 2.05) is 0 Å². The third kappa shape index (κ3) is 3.78. The lowest BCUT2D eigenvalue weighted by molar-refractivity contribution is -0.385. The van der Waals surface area contributed by atoms with Crippen molar-refractivity contribution in [2.75, 3.05) is 0 Å². The van der Waals surface area contributed by atoms with Gasteiger partial charge in [0.1, 0.15) is 0 Å². The number of rotatable bonds is 4. The summed E-state index contributed by atoms with van der Waals surface area (Å²) in [6.45, 7) is 0. The first-order chi connectivity index (χ1) is 11.2. The summed E-state index contributed by atoms with van der Waals surface area (Å²) in [5.41, 5.74) is -1.52. The van der Waals surface area contributed by atoms with Crippen LogP contribution >= 0.6 is 0 Å². The van der Waals surface area contributed by atoms with E-state index in [1.165, 1.54) is 24.3 Å². The van der Waals surface area contributed by atoms with Gasteiger partial charge in [0.25, 0.3) is 5.69 Å². The number of aliphatic carboxylic acids is 1. The number of halogens is 3. The lowest BCUT2D eigenvalue weighted by Gasteiger charge is -2.08. The van der Waals surface area contributed by atoms with Crippen LogP contribution in [0.5, 0.6) is 0 Å². The van der Waals surface area contributed by atoms with E-state index in [1.54, 1.807) is 0 Å². The molecule has 124 valence electrons. The van der Waals surface area contributed by atoms with Gasteiger partial charge in [0.15, 0.2) is 0 Å². The van der Waals surface area contributed by atoms with E-state index < -0.39 is 22.6 Å². The molecular formula is C16H10F3NO4. The number of para-hydroxylation sites is 1. The zero-order chi connectivity index (χ0) is 17.9. The van der Waals surface area contributed by atoms with Gasteiger partial charge in [-0.2, -0.15) is 13.2 Å². The van der Waals surface area contributed by atoms with Gasteiger partial charge in [0.2, 0.25) is 0 Å². The highest BCUT2D eigenvalue weighted by Gasteiger charge is 2.30. The first-order valence-electron chi connectivity index (χ1n) is 6.56. The Morgan fingerprint density at radius 3 is 2.17 bits per heavy atom.